The van der Waals surface area contributed by atoms with Crippen molar-refractivity contribution in [1.82, 2.24) is 0 Å². The Hall–Kier alpha value is -0.620. The van der Waals surface area contributed by atoms with Crippen LogP contribution in [0.2, 0.25) is 0 Å². The largest absolute Gasteiger partial charge is 0.344 e. The van der Waals surface area contributed by atoms with Gasteiger partial charge in [0.05, 0.1) is 5.31 Å². The average molecular weight is 128 g/mol. The Balaban J connectivity index is 2.79. The molecule has 0 amide bonds. The molecule has 0 saturated carbocycles. The summed E-state index contributed by atoms with van der Waals surface area (Å²) >= 11 is 0. The van der Waals surface area contributed by atoms with Crippen LogP contribution in [0.3, 0.4) is 0 Å². The van der Waals surface area contributed by atoms with Crippen LogP contribution in [-0.4, -0.2) is 0 Å². The Labute approximate surface area is 47.7 Å². The summed E-state index contributed by atoms with van der Waals surface area (Å²) in [6.07, 6.45) is 5.77. The fourth-order valence-corrected chi connectivity index (χ4v) is 1.03. The van der Waals surface area contributed by atoms with E-state index in [0.29, 0.717) is 11.7 Å². The summed E-state index contributed by atoms with van der Waals surface area (Å²) in [6.45, 7) is 0. The molecule has 0 heterocycles. The predicted molar refractivity (Wildman–Crippen MR) is 30.1 cm³/mol. The molecule has 1 aliphatic carbocycles. The summed E-state index contributed by atoms with van der Waals surface area (Å²) in [7, 11) is -2.30. The first-order valence-corrected chi connectivity index (χ1v) is 3.48. The van der Waals surface area contributed by atoms with Crippen molar-refractivity contribution in [2.24, 2.45) is 0 Å². The third kappa shape index (κ3) is 0.958. The summed E-state index contributed by atoms with van der Waals surface area (Å²) in [5.74, 6) is 0. The van der Waals surface area contributed by atoms with E-state index in [1.807, 2.05) is 6.08 Å². The van der Waals surface area contributed by atoms with E-state index in [2.05, 4.69) is 0 Å². The fraction of sp³-hybridized carbons (Fsp3) is 0.200. The minimum atomic E-state index is -2.30. The maximum Gasteiger partial charge on any atom is 0.344 e. The van der Waals surface area contributed by atoms with Crippen molar-refractivity contribution >= 4 is 7.68 Å². The molecule has 0 aliphatic heterocycles. The summed E-state index contributed by atoms with van der Waals surface area (Å²) in [5, 5.41) is 0.514. The maximum atomic E-state index is 10.1. The van der Waals surface area contributed by atoms with Gasteiger partial charge in [0.2, 0.25) is 0 Å². The summed E-state index contributed by atoms with van der Waals surface area (Å²) in [5.41, 5.74) is 0. The van der Waals surface area contributed by atoms with E-state index in [1.54, 1.807) is 12.2 Å². The molecule has 0 spiro atoms. The zero-order valence-electron chi connectivity index (χ0n) is 4.20. The van der Waals surface area contributed by atoms with Crippen molar-refractivity contribution in [2.75, 3.05) is 0 Å². The lowest BCUT2D eigenvalue weighted by molar-refractivity contribution is 0.520. The van der Waals surface area contributed by atoms with Gasteiger partial charge in [-0.05, 0) is 6.08 Å². The summed E-state index contributed by atoms with van der Waals surface area (Å²) in [6, 6.07) is 0. The van der Waals surface area contributed by atoms with Crippen LogP contribution in [0.5, 0.6) is 0 Å². The number of hydrogen-bond acceptors (Lipinski definition) is 2. The molecule has 1 aliphatic rings. The molecule has 2 nitrogen and oxygen atoms in total. The van der Waals surface area contributed by atoms with Crippen LogP contribution < -0.4 is 0 Å². The second-order valence-corrected chi connectivity index (χ2v) is 2.64. The van der Waals surface area contributed by atoms with Crippen LogP contribution in [0, 0.1) is 0 Å². The SMILES string of the molecule is O=P(=O)C1=CC=CC1. The number of hydrogen-bond donors (Lipinski definition) is 0. The van der Waals surface area contributed by atoms with Crippen LogP contribution in [0.4, 0.5) is 0 Å². The van der Waals surface area contributed by atoms with Crippen LogP contribution in [0.1, 0.15) is 6.42 Å². The van der Waals surface area contributed by atoms with Gasteiger partial charge in [-0.2, -0.15) is 0 Å². The standard InChI is InChI=1S/C5H5O2P/c6-8(7)5-3-1-2-4-5/h1-3H,4H2. The van der Waals surface area contributed by atoms with E-state index in [-0.39, 0.29) is 0 Å². The Kier molecular flexibility index (Phi) is 1.45. The lowest BCUT2D eigenvalue weighted by Crippen LogP contribution is -1.58. The van der Waals surface area contributed by atoms with Crippen molar-refractivity contribution in [3.05, 3.63) is 23.5 Å². The minimum absolute atomic E-state index is 0.514. The number of allylic oxidation sites excluding steroid dienone is 4. The summed E-state index contributed by atoms with van der Waals surface area (Å²) in [4.78, 5) is 0. The Morgan fingerprint density at radius 2 is 2.25 bits per heavy atom. The normalized spacial score (nSPS) is 16.2. The monoisotopic (exact) mass is 128 g/mol. The van der Waals surface area contributed by atoms with Crippen molar-refractivity contribution in [3.63, 3.8) is 0 Å². The Bertz CT molecular complexity index is 202. The first-order chi connectivity index (χ1) is 3.80. The van der Waals surface area contributed by atoms with Gasteiger partial charge in [-0.1, -0.05) is 12.2 Å². The highest BCUT2D eigenvalue weighted by molar-refractivity contribution is 7.36. The highest BCUT2D eigenvalue weighted by Crippen LogP contribution is 2.26. The van der Waals surface area contributed by atoms with Crippen molar-refractivity contribution in [1.29, 1.82) is 0 Å². The van der Waals surface area contributed by atoms with Gasteiger partial charge in [-0.15, -0.1) is 0 Å². The van der Waals surface area contributed by atoms with E-state index in [0.717, 1.165) is 0 Å². The molecule has 0 unspecified atom stereocenters. The molecule has 0 saturated heterocycles. The Morgan fingerprint density at radius 3 is 2.50 bits per heavy atom. The first-order valence-electron chi connectivity index (χ1n) is 2.31. The Morgan fingerprint density at radius 1 is 1.50 bits per heavy atom. The van der Waals surface area contributed by atoms with Gasteiger partial charge in [0.25, 0.3) is 0 Å². The van der Waals surface area contributed by atoms with Crippen molar-refractivity contribution < 1.29 is 9.13 Å². The number of rotatable bonds is 1. The molecule has 0 bridgehead atoms. The average Bonchev–Trinajstić information content (AvgIpc) is 2.12. The van der Waals surface area contributed by atoms with Gasteiger partial charge in [0, 0.05) is 6.42 Å². The molecule has 0 N–H and O–H groups in total. The molecule has 0 radical (unpaired) electrons. The molecular formula is C5H5O2P. The van der Waals surface area contributed by atoms with E-state index in [9.17, 15) is 9.13 Å². The van der Waals surface area contributed by atoms with E-state index in [4.69, 9.17) is 0 Å². The second kappa shape index (κ2) is 2.10. The molecule has 42 valence electrons. The molecule has 0 aromatic heterocycles. The van der Waals surface area contributed by atoms with E-state index >= 15 is 0 Å². The van der Waals surface area contributed by atoms with Crippen molar-refractivity contribution in [2.45, 2.75) is 6.42 Å². The molecule has 0 aromatic carbocycles. The van der Waals surface area contributed by atoms with Gasteiger partial charge >= 0.3 is 7.68 Å². The molecule has 0 aromatic rings. The lowest BCUT2D eigenvalue weighted by Gasteiger charge is -1.77. The van der Waals surface area contributed by atoms with Gasteiger partial charge in [0.15, 0.2) is 0 Å². The first kappa shape index (κ1) is 5.52. The minimum Gasteiger partial charge on any atom is -0.232 e. The van der Waals surface area contributed by atoms with Gasteiger partial charge < -0.3 is 0 Å². The van der Waals surface area contributed by atoms with Crippen molar-refractivity contribution in [3.8, 4) is 0 Å². The lowest BCUT2D eigenvalue weighted by atomic mass is 10.5. The van der Waals surface area contributed by atoms with Crippen LogP contribution in [0.25, 0.3) is 0 Å². The van der Waals surface area contributed by atoms with Crippen LogP contribution >= 0.6 is 7.68 Å². The third-order valence-electron chi connectivity index (χ3n) is 0.986. The predicted octanol–water partition coefficient (Wildman–Crippen LogP) is 2.00. The van der Waals surface area contributed by atoms with Gasteiger partial charge in [0.1, 0.15) is 0 Å². The molecule has 3 heteroatoms. The fourth-order valence-electron chi connectivity index (χ4n) is 0.571. The molecule has 1 rings (SSSR count). The quantitative estimate of drug-likeness (QED) is 0.506. The third-order valence-corrected chi connectivity index (χ3v) is 1.79. The zero-order valence-corrected chi connectivity index (χ0v) is 5.10. The summed E-state index contributed by atoms with van der Waals surface area (Å²) < 4.78 is 20.3. The van der Waals surface area contributed by atoms with Gasteiger partial charge in [-0.3, -0.25) is 0 Å². The smallest absolute Gasteiger partial charge is 0.232 e. The van der Waals surface area contributed by atoms with E-state index in [1.165, 1.54) is 0 Å². The van der Waals surface area contributed by atoms with Crippen LogP contribution in [0.15, 0.2) is 23.5 Å². The maximum absolute atomic E-state index is 10.1. The zero-order chi connectivity index (χ0) is 5.98. The van der Waals surface area contributed by atoms with E-state index < -0.39 is 7.68 Å². The molecule has 8 heavy (non-hydrogen) atoms. The highest BCUT2D eigenvalue weighted by atomic mass is 31.1. The highest BCUT2D eigenvalue weighted by Gasteiger charge is 2.02. The van der Waals surface area contributed by atoms with Crippen LogP contribution in [-0.2, 0) is 9.13 Å². The molecule has 0 atom stereocenters. The topological polar surface area (TPSA) is 34.1 Å². The second-order valence-electron chi connectivity index (χ2n) is 1.55. The van der Waals surface area contributed by atoms with Gasteiger partial charge in [-0.25, -0.2) is 9.13 Å². The molecule has 0 fully saturated rings. The molecular weight excluding hydrogens is 123 g/mol.